The number of hydrogen-bond acceptors (Lipinski definition) is 0. The van der Waals surface area contributed by atoms with Gasteiger partial charge in [-0.1, -0.05) is 0 Å². The zero-order valence-electron chi connectivity index (χ0n) is 9.00. The van der Waals surface area contributed by atoms with Crippen LogP contribution in [0.2, 0.25) is 11.6 Å². The molecule has 0 saturated carbocycles. The number of halogens is 2. The normalized spacial score (nSPS) is 10.5. The Balaban J connectivity index is -0.000000405. The van der Waals surface area contributed by atoms with Crippen molar-refractivity contribution >= 4 is 68.2 Å². The van der Waals surface area contributed by atoms with Crippen LogP contribution in [-0.4, -0.2) is 20.2 Å². The third-order valence-corrected chi connectivity index (χ3v) is 12.0. The molecular formula is C9H23I2Sb. The third kappa shape index (κ3) is 7.66. The van der Waals surface area contributed by atoms with E-state index in [1.54, 1.807) is 0 Å². The van der Waals surface area contributed by atoms with E-state index in [1.807, 2.05) is 0 Å². The standard InChI is InChI=1S/3C3H7.2HI.Sb/c3*1-3-2;;;/h3*3H,1-2H3;2*1H;. The molecule has 0 radical (unpaired) electrons. The first kappa shape index (κ1) is 19.8. The molecule has 0 amide bonds. The van der Waals surface area contributed by atoms with E-state index in [-0.39, 0.29) is 48.0 Å². The molecular weight excluding hydrogens is 484 g/mol. The van der Waals surface area contributed by atoms with Crippen LogP contribution in [0.1, 0.15) is 41.5 Å². The molecule has 0 aromatic carbocycles. The zero-order chi connectivity index (χ0) is 8.31. The predicted octanol–water partition coefficient (Wildman–Crippen LogP) is 4.95. The van der Waals surface area contributed by atoms with Gasteiger partial charge in [0.1, 0.15) is 0 Å². The molecule has 0 aromatic rings. The molecule has 0 aromatic heterocycles. The van der Waals surface area contributed by atoms with Crippen LogP contribution >= 0.6 is 48.0 Å². The molecule has 0 spiro atoms. The molecule has 0 saturated heterocycles. The summed E-state index contributed by atoms with van der Waals surface area (Å²) in [6.07, 6.45) is 0. The van der Waals surface area contributed by atoms with Gasteiger partial charge in [0.05, 0.1) is 0 Å². The maximum atomic E-state index is 2.41. The van der Waals surface area contributed by atoms with E-state index in [1.165, 1.54) is 0 Å². The molecule has 0 aliphatic heterocycles. The summed E-state index contributed by atoms with van der Waals surface area (Å²) in [6, 6.07) is 0. The smallest absolute Gasteiger partial charge is 0.107 e. The van der Waals surface area contributed by atoms with Crippen LogP contribution in [0.3, 0.4) is 0 Å². The molecule has 0 bridgehead atoms. The van der Waals surface area contributed by atoms with Crippen molar-refractivity contribution in [2.75, 3.05) is 0 Å². The van der Waals surface area contributed by atoms with Crippen LogP contribution in [0, 0.1) is 0 Å². The van der Waals surface area contributed by atoms with E-state index >= 15 is 0 Å². The second kappa shape index (κ2) is 9.82. The van der Waals surface area contributed by atoms with Gasteiger partial charge in [-0.3, -0.25) is 0 Å². The Morgan fingerprint density at radius 3 is 0.750 bits per heavy atom. The summed E-state index contributed by atoms with van der Waals surface area (Å²) in [6.45, 7) is 14.4. The average molecular weight is 507 g/mol. The van der Waals surface area contributed by atoms with E-state index in [2.05, 4.69) is 41.5 Å². The molecule has 0 N–H and O–H groups in total. The minimum absolute atomic E-state index is 0. The topological polar surface area (TPSA) is 0 Å². The first-order chi connectivity index (χ1) is 4.46. The second-order valence-electron chi connectivity index (χ2n) is 3.73. The van der Waals surface area contributed by atoms with Crippen molar-refractivity contribution < 1.29 is 0 Å². The maximum absolute atomic E-state index is 2.41. The average Bonchev–Trinajstić information content (AvgIpc) is 1.59. The fourth-order valence-electron chi connectivity index (χ4n) is 1.79. The number of rotatable bonds is 3. The van der Waals surface area contributed by atoms with Crippen molar-refractivity contribution in [3.05, 3.63) is 0 Å². The summed E-state index contributed by atoms with van der Waals surface area (Å²) in [5.41, 5.74) is 0. The molecule has 0 nitrogen and oxygen atoms in total. The Bertz CT molecular complexity index is 73.5. The Kier molecular flexibility index (Phi) is 16.2. The minimum Gasteiger partial charge on any atom is -0.107 e. The SMILES string of the molecule is C[CH](C)[Sb]([CH](C)C)[CH](C)C.I.I. The molecule has 12 heavy (non-hydrogen) atoms. The maximum Gasteiger partial charge on any atom is -0.107 e. The second-order valence-corrected chi connectivity index (χ2v) is 15.1. The molecule has 0 rings (SSSR count). The monoisotopic (exact) mass is 506 g/mol. The minimum atomic E-state index is -0.883. The molecule has 0 atom stereocenters. The van der Waals surface area contributed by atoms with Gasteiger partial charge in [-0.05, 0) is 0 Å². The van der Waals surface area contributed by atoms with Crippen LogP contribution < -0.4 is 0 Å². The van der Waals surface area contributed by atoms with Gasteiger partial charge in [0.2, 0.25) is 0 Å². The van der Waals surface area contributed by atoms with Crippen molar-refractivity contribution in [3.8, 4) is 0 Å². The van der Waals surface area contributed by atoms with E-state index < -0.39 is 20.2 Å². The molecule has 0 aliphatic rings. The van der Waals surface area contributed by atoms with E-state index in [9.17, 15) is 0 Å². The summed E-state index contributed by atoms with van der Waals surface area (Å²) in [7, 11) is 0. The fourth-order valence-corrected chi connectivity index (χ4v) is 12.0. The van der Waals surface area contributed by atoms with Gasteiger partial charge < -0.3 is 0 Å². The summed E-state index contributed by atoms with van der Waals surface area (Å²) in [5, 5.41) is 0. The van der Waals surface area contributed by atoms with Gasteiger partial charge >= 0.3 is 73.3 Å². The molecule has 0 unspecified atom stereocenters. The molecule has 3 heteroatoms. The molecule has 0 aliphatic carbocycles. The van der Waals surface area contributed by atoms with Crippen molar-refractivity contribution in [1.82, 2.24) is 0 Å². The van der Waals surface area contributed by atoms with Crippen LogP contribution in [0.4, 0.5) is 0 Å². The predicted molar refractivity (Wildman–Crippen MR) is 81.9 cm³/mol. The van der Waals surface area contributed by atoms with Crippen molar-refractivity contribution in [1.29, 1.82) is 0 Å². The Morgan fingerprint density at radius 2 is 0.750 bits per heavy atom. The summed E-state index contributed by atoms with van der Waals surface area (Å²) >= 11 is -0.883. The van der Waals surface area contributed by atoms with Crippen LogP contribution in [-0.2, 0) is 0 Å². The van der Waals surface area contributed by atoms with E-state index in [4.69, 9.17) is 0 Å². The quantitative estimate of drug-likeness (QED) is 0.375. The van der Waals surface area contributed by atoms with Crippen molar-refractivity contribution in [2.45, 2.75) is 53.1 Å². The summed E-state index contributed by atoms with van der Waals surface area (Å²) in [5.74, 6) is 0. The zero-order valence-corrected chi connectivity index (χ0v) is 16.2. The van der Waals surface area contributed by atoms with Crippen LogP contribution in [0.15, 0.2) is 0 Å². The molecule has 0 fully saturated rings. The van der Waals surface area contributed by atoms with E-state index in [0.29, 0.717) is 0 Å². The van der Waals surface area contributed by atoms with Gasteiger partial charge in [0, 0.05) is 0 Å². The Morgan fingerprint density at radius 1 is 0.583 bits per heavy atom. The molecule has 0 heterocycles. The largest absolute Gasteiger partial charge is 0.107 e. The molecule has 78 valence electrons. The Hall–Kier alpha value is 2.28. The van der Waals surface area contributed by atoms with Crippen molar-refractivity contribution in [3.63, 3.8) is 0 Å². The van der Waals surface area contributed by atoms with Crippen LogP contribution in [0.5, 0.6) is 0 Å². The van der Waals surface area contributed by atoms with Gasteiger partial charge in [-0.15, -0.1) is 48.0 Å². The number of hydrogen-bond donors (Lipinski definition) is 0. The summed E-state index contributed by atoms with van der Waals surface area (Å²) < 4.78 is 3.05. The van der Waals surface area contributed by atoms with E-state index in [0.717, 1.165) is 11.6 Å². The van der Waals surface area contributed by atoms with Crippen LogP contribution in [0.25, 0.3) is 0 Å². The third-order valence-electron chi connectivity index (χ3n) is 1.79. The van der Waals surface area contributed by atoms with Gasteiger partial charge in [0.15, 0.2) is 0 Å². The van der Waals surface area contributed by atoms with Gasteiger partial charge in [0.25, 0.3) is 0 Å². The van der Waals surface area contributed by atoms with Crippen molar-refractivity contribution in [2.24, 2.45) is 0 Å². The Labute approximate surface area is 120 Å². The van der Waals surface area contributed by atoms with Gasteiger partial charge in [-0.2, -0.15) is 0 Å². The summed E-state index contributed by atoms with van der Waals surface area (Å²) in [4.78, 5) is 0. The first-order valence-corrected chi connectivity index (χ1v) is 8.66. The fraction of sp³-hybridized carbons (Fsp3) is 1.00. The first-order valence-electron chi connectivity index (χ1n) is 4.24. The van der Waals surface area contributed by atoms with Gasteiger partial charge in [-0.25, -0.2) is 0 Å².